The van der Waals surface area contributed by atoms with Gasteiger partial charge in [0.05, 0.1) is 12.2 Å². The predicted molar refractivity (Wildman–Crippen MR) is 57.3 cm³/mol. The molecule has 0 spiro atoms. The summed E-state index contributed by atoms with van der Waals surface area (Å²) in [6, 6.07) is 0.556. The molecule has 2 N–H and O–H groups in total. The van der Waals surface area contributed by atoms with Gasteiger partial charge >= 0.3 is 0 Å². The summed E-state index contributed by atoms with van der Waals surface area (Å²) in [5.41, 5.74) is 0. The number of hydrogen-bond donors (Lipinski definition) is 2. The van der Waals surface area contributed by atoms with E-state index >= 15 is 0 Å². The van der Waals surface area contributed by atoms with E-state index in [0.717, 1.165) is 19.4 Å². The minimum atomic E-state index is -0.221. The van der Waals surface area contributed by atoms with Crippen LogP contribution < -0.4 is 5.32 Å². The maximum Gasteiger partial charge on any atom is 0.0687 e. The van der Waals surface area contributed by atoms with Crippen molar-refractivity contribution < 1.29 is 9.84 Å². The third-order valence-electron chi connectivity index (χ3n) is 2.88. The summed E-state index contributed by atoms with van der Waals surface area (Å²) in [5, 5.41) is 12.9. The lowest BCUT2D eigenvalue weighted by Gasteiger charge is -2.36. The number of ether oxygens (including phenoxy) is 1. The molecule has 84 valence electrons. The molecule has 0 saturated heterocycles. The maximum absolute atomic E-state index is 9.57. The Bertz CT molecular complexity index is 155. The molecule has 1 fully saturated rings. The van der Waals surface area contributed by atoms with Crippen molar-refractivity contribution >= 4 is 0 Å². The fourth-order valence-electron chi connectivity index (χ4n) is 1.63. The Morgan fingerprint density at radius 1 is 1.43 bits per heavy atom. The number of nitrogens with one attached hydrogen (secondary N) is 1. The van der Waals surface area contributed by atoms with Crippen LogP contribution in [-0.2, 0) is 4.74 Å². The van der Waals surface area contributed by atoms with E-state index in [1.54, 1.807) is 0 Å². The van der Waals surface area contributed by atoms with E-state index in [1.807, 2.05) is 20.8 Å². The van der Waals surface area contributed by atoms with Crippen molar-refractivity contribution in [3.05, 3.63) is 0 Å². The van der Waals surface area contributed by atoms with E-state index in [1.165, 1.54) is 0 Å². The van der Waals surface area contributed by atoms with Crippen molar-refractivity contribution in [2.24, 2.45) is 5.92 Å². The van der Waals surface area contributed by atoms with Crippen molar-refractivity contribution in [2.45, 2.75) is 51.9 Å². The molecule has 1 aliphatic rings. The number of aliphatic hydroxyl groups is 1. The van der Waals surface area contributed by atoms with Crippen LogP contribution in [0.4, 0.5) is 0 Å². The largest absolute Gasteiger partial charge is 0.392 e. The summed E-state index contributed by atoms with van der Waals surface area (Å²) in [4.78, 5) is 0. The lowest BCUT2D eigenvalue weighted by atomic mass is 9.89. The molecule has 0 aromatic heterocycles. The van der Waals surface area contributed by atoms with Crippen molar-refractivity contribution in [2.75, 3.05) is 13.2 Å². The van der Waals surface area contributed by atoms with Gasteiger partial charge in [0.2, 0.25) is 0 Å². The summed E-state index contributed by atoms with van der Waals surface area (Å²) in [6.45, 7) is 7.63. The van der Waals surface area contributed by atoms with Crippen LogP contribution in [0.5, 0.6) is 0 Å². The van der Waals surface area contributed by atoms with Gasteiger partial charge < -0.3 is 15.2 Å². The summed E-state index contributed by atoms with van der Waals surface area (Å²) in [5.74, 6) is 0.338. The smallest absolute Gasteiger partial charge is 0.0687 e. The minimum Gasteiger partial charge on any atom is -0.392 e. The molecule has 3 nitrogen and oxygen atoms in total. The standard InChI is InChI=1S/C11H23NO2/c1-4-14-10-5-9(6-10)12-7-11(13)8(2)3/h8-13H,4-7H2,1-3H3. The van der Waals surface area contributed by atoms with E-state index in [-0.39, 0.29) is 6.10 Å². The molecule has 1 atom stereocenters. The van der Waals surface area contributed by atoms with Crippen molar-refractivity contribution in [1.29, 1.82) is 0 Å². The van der Waals surface area contributed by atoms with E-state index in [9.17, 15) is 5.11 Å². The van der Waals surface area contributed by atoms with Crippen molar-refractivity contribution in [3.63, 3.8) is 0 Å². The van der Waals surface area contributed by atoms with Crippen molar-refractivity contribution in [3.8, 4) is 0 Å². The molecule has 0 heterocycles. The zero-order valence-corrected chi connectivity index (χ0v) is 9.49. The van der Waals surface area contributed by atoms with Gasteiger partial charge in [-0.05, 0) is 25.7 Å². The van der Waals surface area contributed by atoms with E-state index < -0.39 is 0 Å². The number of hydrogen-bond acceptors (Lipinski definition) is 3. The van der Waals surface area contributed by atoms with Crippen LogP contribution in [0.3, 0.4) is 0 Å². The van der Waals surface area contributed by atoms with Gasteiger partial charge in [0.1, 0.15) is 0 Å². The lowest BCUT2D eigenvalue weighted by Crippen LogP contribution is -2.48. The molecule has 0 aliphatic heterocycles. The fourth-order valence-corrected chi connectivity index (χ4v) is 1.63. The van der Waals surface area contributed by atoms with Gasteiger partial charge in [-0.1, -0.05) is 13.8 Å². The first-order valence-electron chi connectivity index (χ1n) is 5.66. The van der Waals surface area contributed by atoms with Crippen LogP contribution in [0.15, 0.2) is 0 Å². The van der Waals surface area contributed by atoms with Gasteiger partial charge in [0.15, 0.2) is 0 Å². The topological polar surface area (TPSA) is 41.5 Å². The molecule has 3 heteroatoms. The summed E-state index contributed by atoms with van der Waals surface area (Å²) < 4.78 is 5.46. The van der Waals surface area contributed by atoms with Gasteiger partial charge in [0.25, 0.3) is 0 Å². The Hall–Kier alpha value is -0.120. The zero-order chi connectivity index (χ0) is 10.6. The number of aliphatic hydroxyl groups excluding tert-OH is 1. The third kappa shape index (κ3) is 3.56. The first-order chi connectivity index (χ1) is 6.63. The Labute approximate surface area is 86.8 Å². The van der Waals surface area contributed by atoms with Gasteiger partial charge in [-0.25, -0.2) is 0 Å². The Morgan fingerprint density at radius 3 is 2.57 bits per heavy atom. The molecule has 0 amide bonds. The van der Waals surface area contributed by atoms with E-state index in [0.29, 0.717) is 24.6 Å². The van der Waals surface area contributed by atoms with E-state index in [4.69, 9.17) is 4.74 Å². The second kappa shape index (κ2) is 5.69. The van der Waals surface area contributed by atoms with Gasteiger partial charge in [-0.15, -0.1) is 0 Å². The summed E-state index contributed by atoms with van der Waals surface area (Å²) in [6.07, 6.45) is 2.42. The van der Waals surface area contributed by atoms with Gasteiger partial charge in [-0.2, -0.15) is 0 Å². The molecule has 1 unspecified atom stereocenters. The molecule has 0 aromatic rings. The second-order valence-corrected chi connectivity index (χ2v) is 4.47. The number of rotatable bonds is 6. The Morgan fingerprint density at radius 2 is 2.07 bits per heavy atom. The zero-order valence-electron chi connectivity index (χ0n) is 9.49. The molecular weight excluding hydrogens is 178 g/mol. The van der Waals surface area contributed by atoms with Gasteiger partial charge in [-0.3, -0.25) is 0 Å². The van der Waals surface area contributed by atoms with Gasteiger partial charge in [0, 0.05) is 19.2 Å². The van der Waals surface area contributed by atoms with Crippen LogP contribution in [0.1, 0.15) is 33.6 Å². The van der Waals surface area contributed by atoms with Crippen molar-refractivity contribution in [1.82, 2.24) is 5.32 Å². The normalized spacial score (nSPS) is 28.9. The Kier molecular flexibility index (Phi) is 4.85. The van der Waals surface area contributed by atoms with Crippen LogP contribution in [0.25, 0.3) is 0 Å². The highest BCUT2D eigenvalue weighted by atomic mass is 16.5. The van der Waals surface area contributed by atoms with Crippen LogP contribution >= 0.6 is 0 Å². The SMILES string of the molecule is CCOC1CC(NCC(O)C(C)C)C1. The predicted octanol–water partition coefficient (Wildman–Crippen LogP) is 1.16. The molecule has 1 aliphatic carbocycles. The molecular formula is C11H23NO2. The average Bonchev–Trinajstić information content (AvgIpc) is 2.08. The van der Waals surface area contributed by atoms with Crippen LogP contribution in [0.2, 0.25) is 0 Å². The summed E-state index contributed by atoms with van der Waals surface area (Å²) >= 11 is 0. The maximum atomic E-state index is 9.57. The van der Waals surface area contributed by atoms with Crippen LogP contribution in [0, 0.1) is 5.92 Å². The fraction of sp³-hybridized carbons (Fsp3) is 1.00. The molecule has 14 heavy (non-hydrogen) atoms. The lowest BCUT2D eigenvalue weighted by molar-refractivity contribution is -0.0134. The molecule has 0 bridgehead atoms. The van der Waals surface area contributed by atoms with Crippen LogP contribution in [-0.4, -0.2) is 36.5 Å². The Balaban J connectivity index is 2.00. The molecule has 0 radical (unpaired) electrons. The highest BCUT2D eigenvalue weighted by molar-refractivity contribution is 4.86. The molecule has 1 rings (SSSR count). The minimum absolute atomic E-state index is 0.221. The third-order valence-corrected chi connectivity index (χ3v) is 2.88. The molecule has 0 aromatic carbocycles. The van der Waals surface area contributed by atoms with E-state index in [2.05, 4.69) is 5.32 Å². The quantitative estimate of drug-likeness (QED) is 0.677. The average molecular weight is 201 g/mol. The highest BCUT2D eigenvalue weighted by Gasteiger charge is 2.29. The highest BCUT2D eigenvalue weighted by Crippen LogP contribution is 2.23. The second-order valence-electron chi connectivity index (χ2n) is 4.47. The summed E-state index contributed by atoms with van der Waals surface area (Å²) in [7, 11) is 0. The monoisotopic (exact) mass is 201 g/mol. The first kappa shape index (κ1) is 12.0. The molecule has 1 saturated carbocycles. The first-order valence-corrected chi connectivity index (χ1v) is 5.66.